The Bertz CT molecular complexity index is 292. The van der Waals surface area contributed by atoms with E-state index in [-0.39, 0.29) is 5.56 Å². The van der Waals surface area contributed by atoms with Crippen molar-refractivity contribution in [1.82, 2.24) is 9.78 Å². The van der Waals surface area contributed by atoms with Gasteiger partial charge in [-0.2, -0.15) is 5.10 Å². The van der Waals surface area contributed by atoms with E-state index in [1.165, 1.54) is 10.7 Å². The predicted molar refractivity (Wildman–Crippen MR) is 42.2 cm³/mol. The van der Waals surface area contributed by atoms with Crippen molar-refractivity contribution in [2.24, 2.45) is 12.8 Å². The van der Waals surface area contributed by atoms with E-state index in [0.29, 0.717) is 13.0 Å². The molecule has 0 radical (unpaired) electrons. The van der Waals surface area contributed by atoms with E-state index in [0.717, 1.165) is 5.69 Å². The van der Waals surface area contributed by atoms with Crippen molar-refractivity contribution in [3.8, 4) is 0 Å². The van der Waals surface area contributed by atoms with E-state index < -0.39 is 0 Å². The van der Waals surface area contributed by atoms with Gasteiger partial charge in [-0.1, -0.05) is 0 Å². The van der Waals surface area contributed by atoms with Gasteiger partial charge in [-0.15, -0.1) is 0 Å². The monoisotopic (exact) mass is 153 g/mol. The Labute approximate surface area is 64.6 Å². The molecular weight excluding hydrogens is 142 g/mol. The molecule has 0 unspecified atom stereocenters. The fourth-order valence-electron chi connectivity index (χ4n) is 0.832. The molecule has 0 saturated carbocycles. The molecule has 4 heteroatoms. The number of hydrogen-bond donors (Lipinski definition) is 1. The van der Waals surface area contributed by atoms with Gasteiger partial charge in [0.05, 0.1) is 5.69 Å². The van der Waals surface area contributed by atoms with Crippen LogP contribution >= 0.6 is 0 Å². The molecular formula is C7H11N3O. The van der Waals surface area contributed by atoms with Crippen LogP contribution in [0.25, 0.3) is 0 Å². The summed E-state index contributed by atoms with van der Waals surface area (Å²) in [6, 6.07) is 3.20. The smallest absolute Gasteiger partial charge is 0.266 e. The molecule has 1 rings (SSSR count). The maximum absolute atomic E-state index is 10.8. The molecule has 0 aliphatic rings. The number of nitrogens with zero attached hydrogens (tertiary/aromatic N) is 2. The van der Waals surface area contributed by atoms with Gasteiger partial charge in [-0.3, -0.25) is 4.79 Å². The van der Waals surface area contributed by atoms with Gasteiger partial charge in [0, 0.05) is 19.5 Å². The highest BCUT2D eigenvalue weighted by Crippen LogP contribution is 1.88. The molecule has 1 aromatic rings. The minimum Gasteiger partial charge on any atom is -0.330 e. The maximum Gasteiger partial charge on any atom is 0.266 e. The number of rotatable bonds is 2. The van der Waals surface area contributed by atoms with Crippen molar-refractivity contribution in [1.29, 1.82) is 0 Å². The van der Waals surface area contributed by atoms with Crippen LogP contribution < -0.4 is 11.3 Å². The molecule has 11 heavy (non-hydrogen) atoms. The Hall–Kier alpha value is -1.16. The maximum atomic E-state index is 10.8. The zero-order valence-corrected chi connectivity index (χ0v) is 6.45. The minimum absolute atomic E-state index is 0.0919. The molecule has 0 bridgehead atoms. The van der Waals surface area contributed by atoms with Crippen LogP contribution in [-0.2, 0) is 13.5 Å². The van der Waals surface area contributed by atoms with E-state index in [2.05, 4.69) is 5.10 Å². The number of hydrogen-bond acceptors (Lipinski definition) is 3. The Kier molecular flexibility index (Phi) is 2.38. The van der Waals surface area contributed by atoms with Gasteiger partial charge < -0.3 is 5.73 Å². The lowest BCUT2D eigenvalue weighted by molar-refractivity contribution is 0.675. The molecule has 0 amide bonds. The zero-order chi connectivity index (χ0) is 8.27. The van der Waals surface area contributed by atoms with E-state index in [1.54, 1.807) is 13.1 Å². The highest BCUT2D eigenvalue weighted by atomic mass is 16.1. The summed E-state index contributed by atoms with van der Waals surface area (Å²) < 4.78 is 1.31. The summed E-state index contributed by atoms with van der Waals surface area (Å²) in [6.45, 7) is 0.561. The Morgan fingerprint density at radius 2 is 2.36 bits per heavy atom. The van der Waals surface area contributed by atoms with Crippen LogP contribution in [0.2, 0.25) is 0 Å². The average molecular weight is 153 g/mol. The predicted octanol–water partition coefficient (Wildman–Crippen LogP) is -0.719. The minimum atomic E-state index is -0.0919. The Balaban J connectivity index is 2.96. The van der Waals surface area contributed by atoms with E-state index >= 15 is 0 Å². The molecule has 0 aliphatic carbocycles. The molecule has 60 valence electrons. The fourth-order valence-corrected chi connectivity index (χ4v) is 0.832. The summed E-state index contributed by atoms with van der Waals surface area (Å²) in [6.07, 6.45) is 0.716. The molecule has 0 aromatic carbocycles. The van der Waals surface area contributed by atoms with Gasteiger partial charge in [0.25, 0.3) is 5.56 Å². The summed E-state index contributed by atoms with van der Waals surface area (Å²) >= 11 is 0. The Morgan fingerprint density at radius 1 is 1.64 bits per heavy atom. The first-order valence-corrected chi connectivity index (χ1v) is 3.47. The molecule has 0 saturated heterocycles. The van der Waals surface area contributed by atoms with Crippen LogP contribution in [0.15, 0.2) is 16.9 Å². The van der Waals surface area contributed by atoms with Crippen LogP contribution in [0.3, 0.4) is 0 Å². The summed E-state index contributed by atoms with van der Waals surface area (Å²) in [7, 11) is 1.63. The quantitative estimate of drug-likeness (QED) is 0.610. The molecule has 0 fully saturated rings. The molecule has 1 aromatic heterocycles. The second kappa shape index (κ2) is 3.30. The third kappa shape index (κ3) is 1.88. The van der Waals surface area contributed by atoms with Crippen LogP contribution in [0.4, 0.5) is 0 Å². The van der Waals surface area contributed by atoms with Gasteiger partial charge in [0.1, 0.15) is 0 Å². The first kappa shape index (κ1) is 7.94. The number of aryl methyl sites for hydroxylation is 1. The summed E-state index contributed by atoms with van der Waals surface area (Å²) in [5.41, 5.74) is 6.09. The molecule has 4 nitrogen and oxygen atoms in total. The largest absolute Gasteiger partial charge is 0.330 e. The lowest BCUT2D eigenvalue weighted by Gasteiger charge is -1.98. The lowest BCUT2D eigenvalue weighted by atomic mass is 10.3. The van der Waals surface area contributed by atoms with Crippen molar-refractivity contribution in [3.63, 3.8) is 0 Å². The third-order valence-corrected chi connectivity index (χ3v) is 1.42. The molecule has 0 aliphatic heterocycles. The van der Waals surface area contributed by atoms with Crippen molar-refractivity contribution in [3.05, 3.63) is 28.2 Å². The van der Waals surface area contributed by atoms with Gasteiger partial charge in [0.15, 0.2) is 0 Å². The molecule has 0 atom stereocenters. The summed E-state index contributed by atoms with van der Waals surface area (Å²) in [5, 5.41) is 3.99. The second-order valence-corrected chi connectivity index (χ2v) is 2.33. The number of aromatic nitrogens is 2. The highest BCUT2D eigenvalue weighted by molar-refractivity contribution is 5.00. The van der Waals surface area contributed by atoms with E-state index in [9.17, 15) is 4.79 Å². The highest BCUT2D eigenvalue weighted by Gasteiger charge is 1.94. The van der Waals surface area contributed by atoms with Gasteiger partial charge >= 0.3 is 0 Å². The third-order valence-electron chi connectivity index (χ3n) is 1.42. The van der Waals surface area contributed by atoms with Crippen LogP contribution in [0.5, 0.6) is 0 Å². The van der Waals surface area contributed by atoms with Gasteiger partial charge in [-0.25, -0.2) is 4.68 Å². The van der Waals surface area contributed by atoms with Crippen molar-refractivity contribution < 1.29 is 0 Å². The molecule has 1 heterocycles. The van der Waals surface area contributed by atoms with Crippen molar-refractivity contribution in [2.75, 3.05) is 6.54 Å². The first-order valence-electron chi connectivity index (χ1n) is 3.47. The zero-order valence-electron chi connectivity index (χ0n) is 6.45. The second-order valence-electron chi connectivity index (χ2n) is 2.33. The van der Waals surface area contributed by atoms with Gasteiger partial charge in [-0.05, 0) is 12.6 Å². The summed E-state index contributed by atoms with van der Waals surface area (Å²) in [4.78, 5) is 10.8. The topological polar surface area (TPSA) is 60.9 Å². The molecule has 2 N–H and O–H groups in total. The van der Waals surface area contributed by atoms with Crippen LogP contribution in [0.1, 0.15) is 5.69 Å². The normalized spacial score (nSPS) is 10.0. The summed E-state index contributed by atoms with van der Waals surface area (Å²) in [5.74, 6) is 0. The Morgan fingerprint density at radius 3 is 2.91 bits per heavy atom. The van der Waals surface area contributed by atoms with Gasteiger partial charge in [0.2, 0.25) is 0 Å². The average Bonchev–Trinajstić information content (AvgIpc) is 1.98. The van der Waals surface area contributed by atoms with E-state index in [1.807, 2.05) is 0 Å². The molecule has 0 spiro atoms. The van der Waals surface area contributed by atoms with Crippen LogP contribution in [-0.4, -0.2) is 16.3 Å². The number of nitrogens with two attached hydrogens (primary N) is 1. The van der Waals surface area contributed by atoms with Crippen molar-refractivity contribution in [2.45, 2.75) is 6.42 Å². The van der Waals surface area contributed by atoms with Crippen molar-refractivity contribution >= 4 is 0 Å². The standard InChI is InChI=1S/C7H11N3O/c1-10-7(11)3-2-6(9-10)4-5-8/h2-3H,4-5,8H2,1H3. The van der Waals surface area contributed by atoms with Crippen LogP contribution in [0, 0.1) is 0 Å². The van der Waals surface area contributed by atoms with E-state index in [4.69, 9.17) is 5.73 Å². The fraction of sp³-hybridized carbons (Fsp3) is 0.429. The SMILES string of the molecule is Cn1nc(CCN)ccc1=O. The first-order chi connectivity index (χ1) is 5.24. The lowest BCUT2D eigenvalue weighted by Crippen LogP contribution is -2.20.